The van der Waals surface area contributed by atoms with Gasteiger partial charge in [-0.25, -0.2) is 9.97 Å². The Morgan fingerprint density at radius 3 is 3.00 bits per heavy atom. The molecule has 5 heterocycles. The van der Waals surface area contributed by atoms with E-state index >= 15 is 0 Å². The van der Waals surface area contributed by atoms with E-state index in [0.717, 1.165) is 18.5 Å². The molecule has 2 amide bonds. The van der Waals surface area contributed by atoms with Crippen molar-refractivity contribution in [3.8, 4) is 0 Å². The maximum atomic E-state index is 13.0. The monoisotopic (exact) mass is 371 g/mol. The van der Waals surface area contributed by atoms with E-state index in [1.807, 2.05) is 15.2 Å². The number of hydrogen-bond donors (Lipinski definition) is 1. The third-order valence-electron chi connectivity index (χ3n) is 5.16. The maximum absolute atomic E-state index is 13.0. The van der Waals surface area contributed by atoms with Crippen molar-refractivity contribution in [1.29, 1.82) is 0 Å². The number of carbonyl (C=O) groups is 2. The molecule has 3 aliphatic heterocycles. The van der Waals surface area contributed by atoms with Crippen LogP contribution in [0.3, 0.4) is 0 Å². The summed E-state index contributed by atoms with van der Waals surface area (Å²) in [6.07, 6.45) is 3.41. The summed E-state index contributed by atoms with van der Waals surface area (Å²) in [5.74, 6) is 0.649. The van der Waals surface area contributed by atoms with Gasteiger partial charge in [0.25, 0.3) is 5.91 Å². The Balaban J connectivity index is 1.55. The van der Waals surface area contributed by atoms with Crippen LogP contribution in [0, 0.1) is 5.92 Å². The molecule has 26 heavy (non-hydrogen) atoms. The lowest BCUT2D eigenvalue weighted by Gasteiger charge is -2.35. The van der Waals surface area contributed by atoms with E-state index in [1.54, 1.807) is 30.9 Å². The number of amides is 2. The average molecular weight is 371 g/mol. The first-order chi connectivity index (χ1) is 12.7. The van der Waals surface area contributed by atoms with Crippen LogP contribution in [0.15, 0.2) is 29.2 Å². The second-order valence-electron chi connectivity index (χ2n) is 6.76. The lowest BCUT2D eigenvalue weighted by molar-refractivity contribution is -0.140. The smallest absolute Gasteiger partial charge is 0.254 e. The molecule has 0 spiro atoms. The molecule has 0 unspecified atom stereocenters. The number of piperidine rings is 1. The summed E-state index contributed by atoms with van der Waals surface area (Å²) in [5.41, 5.74) is 3.31. The first-order valence-electron chi connectivity index (χ1n) is 8.76. The fraction of sp³-hybridized carbons (Fsp3) is 0.444. The van der Waals surface area contributed by atoms with Gasteiger partial charge in [-0.3, -0.25) is 9.59 Å². The zero-order valence-corrected chi connectivity index (χ0v) is 15.4. The van der Waals surface area contributed by atoms with Gasteiger partial charge in [-0.2, -0.15) is 0 Å². The molecule has 3 fully saturated rings. The Kier molecular flexibility index (Phi) is 4.58. The summed E-state index contributed by atoms with van der Waals surface area (Å²) in [6, 6.07) is 3.53. The molecule has 3 saturated heterocycles. The number of fused-ring (bicyclic) bond motifs is 4. The first-order valence-corrected chi connectivity index (χ1v) is 9.70. The fourth-order valence-corrected chi connectivity index (χ4v) is 4.34. The predicted octanol–water partition coefficient (Wildman–Crippen LogP) is 1.84. The molecule has 0 aromatic carbocycles. The minimum atomic E-state index is -0.123. The molecule has 2 atom stereocenters. The molecular weight excluding hydrogens is 350 g/mol. The molecule has 136 valence electrons. The zero-order valence-electron chi connectivity index (χ0n) is 14.6. The predicted molar refractivity (Wildman–Crippen MR) is 98.9 cm³/mol. The number of nitrogens with zero attached hydrogens (tertiary/aromatic N) is 4. The quantitative estimate of drug-likeness (QED) is 0.887. The summed E-state index contributed by atoms with van der Waals surface area (Å²) in [4.78, 5) is 38.1. The van der Waals surface area contributed by atoms with Crippen molar-refractivity contribution in [2.45, 2.75) is 25.4 Å². The van der Waals surface area contributed by atoms with Gasteiger partial charge in [0.15, 0.2) is 0 Å². The molecule has 3 aliphatic rings. The zero-order chi connectivity index (χ0) is 18.1. The van der Waals surface area contributed by atoms with Gasteiger partial charge in [-0.1, -0.05) is 0 Å². The largest absolute Gasteiger partial charge is 0.373 e. The number of nitrogens with one attached hydrogen (secondary N) is 1. The van der Waals surface area contributed by atoms with Crippen LogP contribution in [-0.2, 0) is 11.3 Å². The maximum Gasteiger partial charge on any atom is 0.254 e. The molecule has 2 aromatic rings. The van der Waals surface area contributed by atoms with E-state index in [0.29, 0.717) is 31.0 Å². The van der Waals surface area contributed by atoms with Crippen LogP contribution in [-0.4, -0.2) is 57.8 Å². The van der Waals surface area contributed by atoms with Gasteiger partial charge in [0.05, 0.1) is 23.7 Å². The molecule has 0 saturated carbocycles. The van der Waals surface area contributed by atoms with Crippen molar-refractivity contribution in [1.82, 2.24) is 19.8 Å². The summed E-state index contributed by atoms with van der Waals surface area (Å²) in [7, 11) is 1.78. The number of hydrogen-bond acceptors (Lipinski definition) is 6. The number of anilines is 1. The highest BCUT2D eigenvalue weighted by Crippen LogP contribution is 2.31. The lowest BCUT2D eigenvalue weighted by Crippen LogP contribution is -2.47. The summed E-state index contributed by atoms with van der Waals surface area (Å²) < 4.78 is 0. The summed E-state index contributed by atoms with van der Waals surface area (Å²) >= 11 is 1.54. The molecule has 0 aliphatic carbocycles. The van der Waals surface area contributed by atoms with Gasteiger partial charge < -0.3 is 15.1 Å². The van der Waals surface area contributed by atoms with Gasteiger partial charge in [0, 0.05) is 43.3 Å². The molecule has 1 N–H and O–H groups in total. The molecule has 7 nitrogen and oxygen atoms in total. The van der Waals surface area contributed by atoms with E-state index < -0.39 is 0 Å². The standard InChI is InChI=1S/C18H21N5O2S/c1-19-16-6-12(4-5-20-16)17(24)22-7-13-2-3-15(9-22)23(18(13)25)8-14-10-26-11-21-14/h4-6,10-11,13,15H,2-3,7-9H2,1H3,(H,19,20)/t13-,15+/m1/s1. The highest BCUT2D eigenvalue weighted by atomic mass is 32.1. The van der Waals surface area contributed by atoms with Crippen molar-refractivity contribution >= 4 is 29.0 Å². The molecule has 5 rings (SSSR count). The molecule has 0 radical (unpaired) electrons. The van der Waals surface area contributed by atoms with Crippen molar-refractivity contribution in [2.24, 2.45) is 5.92 Å². The van der Waals surface area contributed by atoms with Gasteiger partial charge >= 0.3 is 0 Å². The number of pyridine rings is 1. The second-order valence-corrected chi connectivity index (χ2v) is 7.48. The van der Waals surface area contributed by atoms with Gasteiger partial charge in [0.1, 0.15) is 5.82 Å². The average Bonchev–Trinajstić information content (AvgIpc) is 3.04. The van der Waals surface area contributed by atoms with Crippen molar-refractivity contribution in [2.75, 3.05) is 25.5 Å². The Labute approximate surface area is 156 Å². The Morgan fingerprint density at radius 1 is 1.35 bits per heavy atom. The third-order valence-corrected chi connectivity index (χ3v) is 5.79. The van der Waals surface area contributed by atoms with Gasteiger partial charge in [-0.05, 0) is 25.0 Å². The topological polar surface area (TPSA) is 78.4 Å². The first kappa shape index (κ1) is 17.0. The minimum absolute atomic E-state index is 0.0379. The van der Waals surface area contributed by atoms with E-state index in [-0.39, 0.29) is 23.8 Å². The Bertz CT molecular complexity index is 810. The highest BCUT2D eigenvalue weighted by molar-refractivity contribution is 7.07. The minimum Gasteiger partial charge on any atom is -0.373 e. The van der Waals surface area contributed by atoms with E-state index in [4.69, 9.17) is 0 Å². The van der Waals surface area contributed by atoms with Crippen LogP contribution < -0.4 is 5.32 Å². The molecular formula is C18H21N5O2S. The van der Waals surface area contributed by atoms with Crippen LogP contribution >= 0.6 is 11.3 Å². The summed E-state index contributed by atoms with van der Waals surface area (Å²) in [5, 5.41) is 4.93. The van der Waals surface area contributed by atoms with Crippen LogP contribution in [0.2, 0.25) is 0 Å². The van der Waals surface area contributed by atoms with E-state index in [9.17, 15) is 9.59 Å². The molecule has 8 heteroatoms. The van der Waals surface area contributed by atoms with Gasteiger partial charge in [-0.15, -0.1) is 11.3 Å². The third kappa shape index (κ3) is 3.16. The van der Waals surface area contributed by atoms with Crippen LogP contribution in [0.5, 0.6) is 0 Å². The number of thiazole rings is 1. The van der Waals surface area contributed by atoms with Crippen LogP contribution in [0.25, 0.3) is 0 Å². The highest BCUT2D eigenvalue weighted by Gasteiger charge is 2.42. The Hall–Kier alpha value is -2.48. The summed E-state index contributed by atoms with van der Waals surface area (Å²) in [6.45, 7) is 1.59. The van der Waals surface area contributed by atoms with Gasteiger partial charge in [0.2, 0.25) is 5.91 Å². The fourth-order valence-electron chi connectivity index (χ4n) is 3.79. The number of rotatable bonds is 4. The van der Waals surface area contributed by atoms with Crippen molar-refractivity contribution < 1.29 is 9.59 Å². The number of carbonyl (C=O) groups excluding carboxylic acids is 2. The molecule has 2 aromatic heterocycles. The molecule has 2 bridgehead atoms. The van der Waals surface area contributed by atoms with Crippen molar-refractivity contribution in [3.63, 3.8) is 0 Å². The SMILES string of the molecule is CNc1cc(C(=O)N2C[C@H]3CC[C@@H](C2)N(Cc2cscn2)C3=O)ccn1. The Morgan fingerprint density at radius 2 is 2.23 bits per heavy atom. The second kappa shape index (κ2) is 7.03. The number of aromatic nitrogens is 2. The normalized spacial score (nSPS) is 22.4. The lowest BCUT2D eigenvalue weighted by atomic mass is 9.94. The van der Waals surface area contributed by atoms with Crippen LogP contribution in [0.4, 0.5) is 5.82 Å². The van der Waals surface area contributed by atoms with Crippen LogP contribution in [0.1, 0.15) is 28.9 Å². The van der Waals surface area contributed by atoms with E-state index in [1.165, 1.54) is 11.3 Å². The van der Waals surface area contributed by atoms with Crippen molar-refractivity contribution in [3.05, 3.63) is 40.5 Å². The van der Waals surface area contributed by atoms with E-state index in [2.05, 4.69) is 15.3 Å².